The van der Waals surface area contributed by atoms with Gasteiger partial charge in [-0.2, -0.15) is 0 Å². The van der Waals surface area contributed by atoms with Crippen molar-refractivity contribution in [3.63, 3.8) is 0 Å². The summed E-state index contributed by atoms with van der Waals surface area (Å²) >= 11 is 0. The van der Waals surface area contributed by atoms with Crippen LogP contribution in [0.5, 0.6) is 0 Å². The fraction of sp³-hybridized carbons (Fsp3) is 0.923. The van der Waals surface area contributed by atoms with Crippen LogP contribution in [0.15, 0.2) is 0 Å². The Hall–Kier alpha value is -0.810. The van der Waals surface area contributed by atoms with Crippen molar-refractivity contribution in [1.29, 1.82) is 0 Å². The standard InChI is InChI=1S/C13H24N4O/c1-16-6-2-3-10(8-16)12-9-17(13(18)15-12)11-4-5-14-7-11/h10-12,14H,2-9H2,1H3,(H,15,18). The van der Waals surface area contributed by atoms with E-state index < -0.39 is 0 Å². The van der Waals surface area contributed by atoms with Gasteiger partial charge < -0.3 is 20.4 Å². The van der Waals surface area contributed by atoms with Crippen LogP contribution < -0.4 is 10.6 Å². The summed E-state index contributed by atoms with van der Waals surface area (Å²) in [4.78, 5) is 16.5. The summed E-state index contributed by atoms with van der Waals surface area (Å²) in [6.45, 7) is 5.24. The van der Waals surface area contributed by atoms with Gasteiger partial charge in [0.25, 0.3) is 0 Å². The molecule has 0 spiro atoms. The highest BCUT2D eigenvalue weighted by Crippen LogP contribution is 2.24. The van der Waals surface area contributed by atoms with E-state index in [1.54, 1.807) is 0 Å². The Morgan fingerprint density at radius 3 is 2.89 bits per heavy atom. The Balaban J connectivity index is 1.60. The number of hydrogen-bond acceptors (Lipinski definition) is 3. The molecule has 3 aliphatic heterocycles. The number of piperidine rings is 1. The van der Waals surface area contributed by atoms with Gasteiger partial charge in [-0.15, -0.1) is 0 Å². The molecule has 2 amide bonds. The number of hydrogen-bond donors (Lipinski definition) is 2. The van der Waals surface area contributed by atoms with Crippen molar-refractivity contribution in [2.24, 2.45) is 5.92 Å². The summed E-state index contributed by atoms with van der Waals surface area (Å²) in [5.41, 5.74) is 0. The first-order valence-corrected chi connectivity index (χ1v) is 7.20. The molecule has 3 fully saturated rings. The van der Waals surface area contributed by atoms with E-state index in [1.807, 2.05) is 0 Å². The minimum atomic E-state index is 0.155. The molecule has 5 heteroatoms. The van der Waals surface area contributed by atoms with Gasteiger partial charge in [-0.25, -0.2) is 4.79 Å². The minimum Gasteiger partial charge on any atom is -0.333 e. The first-order chi connectivity index (χ1) is 8.74. The molecule has 0 bridgehead atoms. The normalized spacial score (nSPS) is 38.2. The van der Waals surface area contributed by atoms with E-state index in [4.69, 9.17) is 0 Å². The van der Waals surface area contributed by atoms with Gasteiger partial charge in [-0.05, 0) is 45.3 Å². The number of carbonyl (C=O) groups excluding carboxylic acids is 1. The summed E-state index contributed by atoms with van der Waals surface area (Å²) in [5, 5.41) is 6.54. The highest BCUT2D eigenvalue weighted by atomic mass is 16.2. The molecule has 3 atom stereocenters. The Labute approximate surface area is 109 Å². The van der Waals surface area contributed by atoms with Crippen LogP contribution in [-0.2, 0) is 0 Å². The molecule has 3 aliphatic rings. The van der Waals surface area contributed by atoms with Crippen LogP contribution in [0, 0.1) is 5.92 Å². The van der Waals surface area contributed by atoms with Crippen LogP contribution in [0.1, 0.15) is 19.3 Å². The second-order valence-electron chi connectivity index (χ2n) is 6.02. The van der Waals surface area contributed by atoms with E-state index in [0.717, 1.165) is 32.6 Å². The SMILES string of the molecule is CN1CCCC(C2CN(C3CCNC3)C(=O)N2)C1. The third-order valence-electron chi connectivity index (χ3n) is 4.67. The number of nitrogens with zero attached hydrogens (tertiary/aromatic N) is 2. The van der Waals surface area contributed by atoms with E-state index >= 15 is 0 Å². The number of likely N-dealkylation sites (tertiary alicyclic amines) is 1. The van der Waals surface area contributed by atoms with Gasteiger partial charge in [-0.3, -0.25) is 0 Å². The molecular formula is C13H24N4O. The highest BCUT2D eigenvalue weighted by Gasteiger charge is 2.39. The summed E-state index contributed by atoms with van der Waals surface area (Å²) in [6.07, 6.45) is 3.62. The van der Waals surface area contributed by atoms with Crippen molar-refractivity contribution in [2.75, 3.05) is 39.8 Å². The van der Waals surface area contributed by atoms with E-state index in [9.17, 15) is 4.79 Å². The number of nitrogens with one attached hydrogen (secondary N) is 2. The van der Waals surface area contributed by atoms with E-state index in [1.165, 1.54) is 19.4 Å². The maximum atomic E-state index is 12.1. The molecular weight excluding hydrogens is 228 g/mol. The summed E-state index contributed by atoms with van der Waals surface area (Å²) in [6, 6.07) is 0.930. The molecule has 0 saturated carbocycles. The van der Waals surface area contributed by atoms with Gasteiger partial charge in [0.05, 0.1) is 6.04 Å². The lowest BCUT2D eigenvalue weighted by Crippen LogP contribution is -2.43. The molecule has 3 heterocycles. The molecule has 0 aromatic heterocycles. The molecule has 0 aliphatic carbocycles. The topological polar surface area (TPSA) is 47.6 Å². The van der Waals surface area contributed by atoms with Crippen molar-refractivity contribution >= 4 is 6.03 Å². The van der Waals surface area contributed by atoms with Crippen LogP contribution in [0.3, 0.4) is 0 Å². The van der Waals surface area contributed by atoms with Crippen molar-refractivity contribution < 1.29 is 4.79 Å². The molecule has 18 heavy (non-hydrogen) atoms. The van der Waals surface area contributed by atoms with Crippen molar-refractivity contribution in [1.82, 2.24) is 20.4 Å². The molecule has 0 aromatic rings. The molecule has 0 aromatic carbocycles. The first kappa shape index (κ1) is 12.2. The molecule has 3 rings (SSSR count). The lowest BCUT2D eigenvalue weighted by molar-refractivity contribution is 0.176. The van der Waals surface area contributed by atoms with E-state index in [-0.39, 0.29) is 6.03 Å². The zero-order valence-corrected chi connectivity index (χ0v) is 11.2. The predicted molar refractivity (Wildman–Crippen MR) is 70.5 cm³/mol. The maximum Gasteiger partial charge on any atom is 0.318 e. The fourth-order valence-corrected chi connectivity index (χ4v) is 3.60. The van der Waals surface area contributed by atoms with Gasteiger partial charge in [0.1, 0.15) is 0 Å². The molecule has 3 unspecified atom stereocenters. The smallest absolute Gasteiger partial charge is 0.318 e. The van der Waals surface area contributed by atoms with Crippen molar-refractivity contribution in [2.45, 2.75) is 31.3 Å². The average Bonchev–Trinajstić information content (AvgIpc) is 2.97. The summed E-state index contributed by atoms with van der Waals surface area (Å²) in [5.74, 6) is 0.632. The Kier molecular flexibility index (Phi) is 3.43. The zero-order valence-electron chi connectivity index (χ0n) is 11.2. The number of amides is 2. The highest BCUT2D eigenvalue weighted by molar-refractivity contribution is 5.77. The third-order valence-corrected chi connectivity index (χ3v) is 4.67. The quantitative estimate of drug-likeness (QED) is 0.732. The lowest BCUT2D eigenvalue weighted by atomic mass is 9.91. The number of rotatable bonds is 2. The first-order valence-electron chi connectivity index (χ1n) is 7.20. The monoisotopic (exact) mass is 252 g/mol. The number of urea groups is 1. The average molecular weight is 252 g/mol. The predicted octanol–water partition coefficient (Wildman–Crippen LogP) is 0.0839. The summed E-state index contributed by atoms with van der Waals surface area (Å²) in [7, 11) is 2.18. The van der Waals surface area contributed by atoms with Crippen LogP contribution >= 0.6 is 0 Å². The molecule has 102 valence electrons. The molecule has 2 N–H and O–H groups in total. The lowest BCUT2D eigenvalue weighted by Gasteiger charge is -2.33. The van der Waals surface area contributed by atoms with Crippen LogP contribution in [0.25, 0.3) is 0 Å². The number of carbonyl (C=O) groups is 1. The minimum absolute atomic E-state index is 0.155. The van der Waals surface area contributed by atoms with Gasteiger partial charge in [0.15, 0.2) is 0 Å². The zero-order chi connectivity index (χ0) is 12.5. The van der Waals surface area contributed by atoms with Gasteiger partial charge in [0, 0.05) is 25.7 Å². The van der Waals surface area contributed by atoms with Gasteiger partial charge in [0.2, 0.25) is 0 Å². The van der Waals surface area contributed by atoms with Gasteiger partial charge in [-0.1, -0.05) is 0 Å². The summed E-state index contributed by atoms with van der Waals surface area (Å²) < 4.78 is 0. The molecule has 3 saturated heterocycles. The second kappa shape index (κ2) is 5.05. The van der Waals surface area contributed by atoms with Crippen molar-refractivity contribution in [3.8, 4) is 0 Å². The Bertz CT molecular complexity index is 316. The Morgan fingerprint density at radius 2 is 2.17 bits per heavy atom. The Morgan fingerprint density at radius 1 is 1.28 bits per heavy atom. The molecule has 0 radical (unpaired) electrons. The van der Waals surface area contributed by atoms with E-state index in [0.29, 0.717) is 18.0 Å². The van der Waals surface area contributed by atoms with Crippen LogP contribution in [0.4, 0.5) is 4.79 Å². The maximum absolute atomic E-state index is 12.1. The third kappa shape index (κ3) is 2.34. The van der Waals surface area contributed by atoms with Crippen molar-refractivity contribution in [3.05, 3.63) is 0 Å². The molecule has 5 nitrogen and oxygen atoms in total. The van der Waals surface area contributed by atoms with E-state index in [2.05, 4.69) is 27.5 Å². The van der Waals surface area contributed by atoms with Gasteiger partial charge >= 0.3 is 6.03 Å². The second-order valence-corrected chi connectivity index (χ2v) is 6.02. The van der Waals surface area contributed by atoms with Crippen LogP contribution in [-0.4, -0.2) is 67.7 Å². The van der Waals surface area contributed by atoms with Crippen LogP contribution in [0.2, 0.25) is 0 Å². The largest absolute Gasteiger partial charge is 0.333 e. The fourth-order valence-electron chi connectivity index (χ4n) is 3.60.